The Morgan fingerprint density at radius 2 is 1.58 bits per heavy atom. The maximum Gasteiger partial charge on any atom is 0.128 e. The van der Waals surface area contributed by atoms with E-state index in [-0.39, 0.29) is 5.84 Å². The Morgan fingerprint density at radius 3 is 2.31 bits per heavy atom. The molecule has 0 aliphatic rings. The summed E-state index contributed by atoms with van der Waals surface area (Å²) in [7, 11) is 0. The van der Waals surface area contributed by atoms with Gasteiger partial charge in [0.25, 0.3) is 0 Å². The fraction of sp³-hybridized carbons (Fsp3) is 0.136. The van der Waals surface area contributed by atoms with Crippen LogP contribution in [0.4, 0.5) is 0 Å². The van der Waals surface area contributed by atoms with Crippen LogP contribution in [0, 0.1) is 5.41 Å². The zero-order valence-electron chi connectivity index (χ0n) is 14.7. The normalized spacial score (nSPS) is 10.3. The fourth-order valence-corrected chi connectivity index (χ4v) is 2.59. The molecule has 0 amide bonds. The second-order valence-electron chi connectivity index (χ2n) is 5.95. The zero-order valence-corrected chi connectivity index (χ0v) is 14.7. The minimum Gasteiger partial charge on any atom is -0.494 e. The highest BCUT2D eigenvalue weighted by Crippen LogP contribution is 2.31. The standard InChI is InChI=1S/C22H22N2O2/c1-2-11-25-20-10-6-7-16(13-20)17-12-18(22(23)24)15-21(14-17)26-19-8-4-3-5-9-19/h3-10,12-15H,2,11H2,1H3,(H3,23,24). The Kier molecular flexibility index (Phi) is 5.54. The van der Waals surface area contributed by atoms with E-state index in [9.17, 15) is 0 Å². The van der Waals surface area contributed by atoms with Crippen molar-refractivity contribution in [1.82, 2.24) is 0 Å². The molecular formula is C22H22N2O2. The number of amidine groups is 1. The van der Waals surface area contributed by atoms with Crippen LogP contribution in [0.3, 0.4) is 0 Å². The van der Waals surface area contributed by atoms with Gasteiger partial charge in [-0.05, 0) is 60.0 Å². The first-order valence-corrected chi connectivity index (χ1v) is 8.61. The molecule has 26 heavy (non-hydrogen) atoms. The van der Waals surface area contributed by atoms with Gasteiger partial charge >= 0.3 is 0 Å². The number of rotatable bonds is 7. The molecule has 0 spiro atoms. The number of benzene rings is 3. The molecule has 0 fully saturated rings. The summed E-state index contributed by atoms with van der Waals surface area (Å²) >= 11 is 0. The number of nitrogen functional groups attached to an aromatic ring is 1. The van der Waals surface area contributed by atoms with E-state index in [1.165, 1.54) is 0 Å². The highest BCUT2D eigenvalue weighted by atomic mass is 16.5. The van der Waals surface area contributed by atoms with E-state index in [0.29, 0.717) is 17.9 Å². The molecule has 3 rings (SSSR count). The summed E-state index contributed by atoms with van der Waals surface area (Å²) in [5.74, 6) is 2.20. The predicted molar refractivity (Wildman–Crippen MR) is 105 cm³/mol. The number of nitrogens with one attached hydrogen (secondary N) is 1. The topological polar surface area (TPSA) is 68.3 Å². The van der Waals surface area contributed by atoms with Gasteiger partial charge in [0, 0.05) is 5.56 Å². The van der Waals surface area contributed by atoms with Crippen LogP contribution in [0.25, 0.3) is 11.1 Å². The lowest BCUT2D eigenvalue weighted by Gasteiger charge is -2.12. The Hall–Kier alpha value is -3.27. The van der Waals surface area contributed by atoms with Crippen LogP contribution in [-0.4, -0.2) is 12.4 Å². The summed E-state index contributed by atoms with van der Waals surface area (Å²) in [6.45, 7) is 2.76. The van der Waals surface area contributed by atoms with Crippen LogP contribution in [0.1, 0.15) is 18.9 Å². The summed E-state index contributed by atoms with van der Waals surface area (Å²) < 4.78 is 11.7. The van der Waals surface area contributed by atoms with E-state index < -0.39 is 0 Å². The molecule has 4 heteroatoms. The minimum atomic E-state index is 0.00292. The number of ether oxygens (including phenoxy) is 2. The molecule has 0 saturated heterocycles. The van der Waals surface area contributed by atoms with Crippen LogP contribution in [-0.2, 0) is 0 Å². The Morgan fingerprint density at radius 1 is 0.846 bits per heavy atom. The van der Waals surface area contributed by atoms with Gasteiger partial charge in [-0.1, -0.05) is 37.3 Å². The quantitative estimate of drug-likeness (QED) is 0.455. The molecule has 0 bridgehead atoms. The number of hydrogen-bond acceptors (Lipinski definition) is 3. The van der Waals surface area contributed by atoms with E-state index in [2.05, 4.69) is 6.92 Å². The first kappa shape index (κ1) is 17.5. The van der Waals surface area contributed by atoms with Gasteiger partial charge in [0.2, 0.25) is 0 Å². The average molecular weight is 346 g/mol. The molecular weight excluding hydrogens is 324 g/mol. The van der Waals surface area contributed by atoms with Gasteiger partial charge in [0.1, 0.15) is 23.1 Å². The molecule has 0 aliphatic heterocycles. The second-order valence-corrected chi connectivity index (χ2v) is 5.95. The Balaban J connectivity index is 1.97. The lowest BCUT2D eigenvalue weighted by atomic mass is 10.0. The van der Waals surface area contributed by atoms with Crippen molar-refractivity contribution in [3.8, 4) is 28.4 Å². The smallest absolute Gasteiger partial charge is 0.128 e. The van der Waals surface area contributed by atoms with Gasteiger partial charge in [0.15, 0.2) is 0 Å². The minimum absolute atomic E-state index is 0.00292. The van der Waals surface area contributed by atoms with Gasteiger partial charge in [-0.15, -0.1) is 0 Å². The molecule has 0 heterocycles. The van der Waals surface area contributed by atoms with Gasteiger partial charge in [-0.3, -0.25) is 5.41 Å². The van der Waals surface area contributed by atoms with Gasteiger partial charge in [-0.2, -0.15) is 0 Å². The molecule has 4 nitrogen and oxygen atoms in total. The van der Waals surface area contributed by atoms with Crippen molar-refractivity contribution in [3.05, 3.63) is 78.4 Å². The molecule has 0 radical (unpaired) electrons. The average Bonchev–Trinajstić information content (AvgIpc) is 2.67. The van der Waals surface area contributed by atoms with Gasteiger partial charge in [-0.25, -0.2) is 0 Å². The summed E-state index contributed by atoms with van der Waals surface area (Å²) in [4.78, 5) is 0. The van der Waals surface area contributed by atoms with E-state index >= 15 is 0 Å². The summed E-state index contributed by atoms with van der Waals surface area (Å²) in [6.07, 6.45) is 0.957. The van der Waals surface area contributed by atoms with Crippen molar-refractivity contribution in [1.29, 1.82) is 5.41 Å². The SMILES string of the molecule is CCCOc1cccc(-c2cc(Oc3ccccc3)cc(C(=N)N)c2)c1. The molecule has 0 saturated carbocycles. The molecule has 132 valence electrons. The third-order valence-corrected chi connectivity index (χ3v) is 3.84. The molecule has 0 aliphatic carbocycles. The predicted octanol–water partition coefficient (Wildman–Crippen LogP) is 5.22. The fourth-order valence-electron chi connectivity index (χ4n) is 2.59. The van der Waals surface area contributed by atoms with Crippen LogP contribution < -0.4 is 15.2 Å². The van der Waals surface area contributed by atoms with Crippen molar-refractivity contribution in [2.45, 2.75) is 13.3 Å². The van der Waals surface area contributed by atoms with Crippen LogP contribution in [0.15, 0.2) is 72.8 Å². The third-order valence-electron chi connectivity index (χ3n) is 3.84. The van der Waals surface area contributed by atoms with Gasteiger partial charge in [0.05, 0.1) is 6.61 Å². The number of para-hydroxylation sites is 1. The summed E-state index contributed by atoms with van der Waals surface area (Å²) in [5.41, 5.74) is 8.25. The monoisotopic (exact) mass is 346 g/mol. The lowest BCUT2D eigenvalue weighted by molar-refractivity contribution is 0.317. The van der Waals surface area contributed by atoms with E-state index in [0.717, 1.165) is 29.0 Å². The van der Waals surface area contributed by atoms with Crippen molar-refractivity contribution in [3.63, 3.8) is 0 Å². The van der Waals surface area contributed by atoms with Crippen molar-refractivity contribution < 1.29 is 9.47 Å². The molecule has 3 aromatic rings. The molecule has 0 aromatic heterocycles. The van der Waals surface area contributed by atoms with Crippen molar-refractivity contribution in [2.75, 3.05) is 6.61 Å². The first-order valence-electron chi connectivity index (χ1n) is 8.61. The maximum atomic E-state index is 7.80. The Labute approximate surface area is 153 Å². The molecule has 0 atom stereocenters. The van der Waals surface area contributed by atoms with Gasteiger partial charge < -0.3 is 15.2 Å². The van der Waals surface area contributed by atoms with Crippen molar-refractivity contribution >= 4 is 5.84 Å². The maximum absolute atomic E-state index is 7.80. The van der Waals surface area contributed by atoms with Crippen LogP contribution in [0.5, 0.6) is 17.2 Å². The van der Waals surface area contributed by atoms with Crippen LogP contribution >= 0.6 is 0 Å². The molecule has 3 aromatic carbocycles. The van der Waals surface area contributed by atoms with Crippen LogP contribution in [0.2, 0.25) is 0 Å². The zero-order chi connectivity index (χ0) is 18.4. The third kappa shape index (κ3) is 4.42. The number of hydrogen-bond donors (Lipinski definition) is 2. The van der Waals surface area contributed by atoms with E-state index in [1.54, 1.807) is 6.07 Å². The molecule has 0 unspecified atom stereocenters. The second kappa shape index (κ2) is 8.21. The van der Waals surface area contributed by atoms with E-state index in [1.807, 2.05) is 66.7 Å². The van der Waals surface area contributed by atoms with Crippen molar-refractivity contribution in [2.24, 2.45) is 5.73 Å². The lowest BCUT2D eigenvalue weighted by Crippen LogP contribution is -2.11. The number of nitrogens with two attached hydrogens (primary N) is 1. The summed E-state index contributed by atoms with van der Waals surface area (Å²) in [6, 6.07) is 23.0. The Bertz CT molecular complexity index is 892. The van der Waals surface area contributed by atoms with E-state index in [4.69, 9.17) is 20.6 Å². The molecule has 3 N–H and O–H groups in total. The summed E-state index contributed by atoms with van der Waals surface area (Å²) in [5, 5.41) is 7.80. The largest absolute Gasteiger partial charge is 0.494 e. The highest BCUT2D eigenvalue weighted by molar-refractivity contribution is 5.96. The highest BCUT2D eigenvalue weighted by Gasteiger charge is 2.08. The first-order chi connectivity index (χ1) is 12.7.